The number of halogens is 1. The highest BCUT2D eigenvalue weighted by molar-refractivity contribution is 6.19. The van der Waals surface area contributed by atoms with Crippen LogP contribution in [0.15, 0.2) is 30.3 Å². The fourth-order valence-electron chi connectivity index (χ4n) is 1.34. The van der Waals surface area contributed by atoms with E-state index in [-0.39, 0.29) is 0 Å². The maximum atomic E-state index is 11.3. The molecule has 0 amide bonds. The van der Waals surface area contributed by atoms with Gasteiger partial charge in [0.2, 0.25) is 0 Å². The summed E-state index contributed by atoms with van der Waals surface area (Å²) in [6, 6.07) is 8.80. The molecule has 0 saturated heterocycles. The number of benzene rings is 1. The Morgan fingerprint density at radius 2 is 2.06 bits per heavy atom. The standard InChI is InChI=1S/C12H15ClO3/c1-3-10(13)16-12(2,11(14)15)9-7-5-4-6-8-9/h4-8,10H,3H2,1-2H3,(H,14,15). The van der Waals surface area contributed by atoms with Gasteiger partial charge in [0.25, 0.3) is 0 Å². The van der Waals surface area contributed by atoms with E-state index in [1.165, 1.54) is 6.92 Å². The topological polar surface area (TPSA) is 46.5 Å². The lowest BCUT2D eigenvalue weighted by Crippen LogP contribution is -2.37. The highest BCUT2D eigenvalue weighted by atomic mass is 35.5. The first-order valence-electron chi connectivity index (χ1n) is 5.11. The first kappa shape index (κ1) is 13.0. The molecule has 0 heterocycles. The fraction of sp³-hybridized carbons (Fsp3) is 0.417. The molecular formula is C12H15ClO3. The molecule has 0 spiro atoms. The van der Waals surface area contributed by atoms with Gasteiger partial charge < -0.3 is 9.84 Å². The van der Waals surface area contributed by atoms with Gasteiger partial charge in [0, 0.05) is 0 Å². The average Bonchev–Trinajstić information content (AvgIpc) is 2.29. The summed E-state index contributed by atoms with van der Waals surface area (Å²) in [7, 11) is 0. The van der Waals surface area contributed by atoms with Crippen molar-refractivity contribution in [3.05, 3.63) is 35.9 Å². The number of hydrogen-bond acceptors (Lipinski definition) is 2. The van der Waals surface area contributed by atoms with E-state index in [1.807, 2.05) is 13.0 Å². The van der Waals surface area contributed by atoms with Crippen LogP contribution in [-0.2, 0) is 15.1 Å². The van der Waals surface area contributed by atoms with E-state index in [9.17, 15) is 9.90 Å². The van der Waals surface area contributed by atoms with Crippen LogP contribution in [0.1, 0.15) is 25.8 Å². The van der Waals surface area contributed by atoms with Crippen LogP contribution in [0.5, 0.6) is 0 Å². The molecule has 1 N–H and O–H groups in total. The molecule has 88 valence electrons. The highest BCUT2D eigenvalue weighted by Crippen LogP contribution is 2.28. The van der Waals surface area contributed by atoms with Crippen molar-refractivity contribution in [3.8, 4) is 0 Å². The van der Waals surface area contributed by atoms with E-state index >= 15 is 0 Å². The van der Waals surface area contributed by atoms with Crippen molar-refractivity contribution in [1.82, 2.24) is 0 Å². The zero-order valence-corrected chi connectivity index (χ0v) is 10.1. The Morgan fingerprint density at radius 3 is 2.50 bits per heavy atom. The zero-order valence-electron chi connectivity index (χ0n) is 9.31. The van der Waals surface area contributed by atoms with Gasteiger partial charge >= 0.3 is 5.97 Å². The van der Waals surface area contributed by atoms with Crippen molar-refractivity contribution in [1.29, 1.82) is 0 Å². The Balaban J connectivity index is 3.02. The average molecular weight is 243 g/mol. The molecule has 1 rings (SSSR count). The number of ether oxygens (including phenoxy) is 1. The monoisotopic (exact) mass is 242 g/mol. The van der Waals surface area contributed by atoms with Crippen molar-refractivity contribution >= 4 is 17.6 Å². The SMILES string of the molecule is CCC(Cl)OC(C)(C(=O)O)c1ccccc1. The molecule has 1 aromatic rings. The number of alkyl halides is 1. The van der Waals surface area contributed by atoms with E-state index in [2.05, 4.69) is 0 Å². The van der Waals surface area contributed by atoms with Crippen molar-refractivity contribution in [2.75, 3.05) is 0 Å². The third kappa shape index (κ3) is 2.74. The number of carboxylic acid groups (broad SMARTS) is 1. The number of rotatable bonds is 5. The summed E-state index contributed by atoms with van der Waals surface area (Å²) in [5, 5.41) is 9.25. The molecule has 16 heavy (non-hydrogen) atoms. The third-order valence-electron chi connectivity index (χ3n) is 2.42. The lowest BCUT2D eigenvalue weighted by Gasteiger charge is -2.28. The van der Waals surface area contributed by atoms with Crippen LogP contribution >= 0.6 is 11.6 Å². The van der Waals surface area contributed by atoms with Crippen molar-refractivity contribution in [2.24, 2.45) is 0 Å². The second-order valence-corrected chi connectivity index (χ2v) is 4.13. The van der Waals surface area contributed by atoms with Crippen LogP contribution in [-0.4, -0.2) is 16.6 Å². The molecule has 0 aliphatic rings. The van der Waals surface area contributed by atoms with Crippen LogP contribution in [0.25, 0.3) is 0 Å². The summed E-state index contributed by atoms with van der Waals surface area (Å²) in [4.78, 5) is 11.3. The maximum absolute atomic E-state index is 11.3. The summed E-state index contributed by atoms with van der Waals surface area (Å²) in [6.45, 7) is 3.35. The van der Waals surface area contributed by atoms with Gasteiger partial charge in [-0.1, -0.05) is 48.9 Å². The number of aliphatic carboxylic acids is 1. The van der Waals surface area contributed by atoms with Gasteiger partial charge in [-0.05, 0) is 18.9 Å². The molecule has 0 aromatic heterocycles. The van der Waals surface area contributed by atoms with Gasteiger partial charge in [-0.25, -0.2) is 4.79 Å². The number of hydrogen-bond donors (Lipinski definition) is 1. The Morgan fingerprint density at radius 1 is 1.50 bits per heavy atom. The molecule has 0 aliphatic heterocycles. The first-order valence-corrected chi connectivity index (χ1v) is 5.55. The largest absolute Gasteiger partial charge is 0.479 e. The molecule has 0 radical (unpaired) electrons. The normalized spacial score (nSPS) is 16.4. The minimum Gasteiger partial charge on any atom is -0.479 e. The van der Waals surface area contributed by atoms with Gasteiger partial charge in [0.15, 0.2) is 5.60 Å². The molecular weight excluding hydrogens is 228 g/mol. The maximum Gasteiger partial charge on any atom is 0.340 e. The van der Waals surface area contributed by atoms with Crippen LogP contribution in [0.2, 0.25) is 0 Å². The molecule has 4 heteroatoms. The van der Waals surface area contributed by atoms with Gasteiger partial charge in [-0.2, -0.15) is 0 Å². The van der Waals surface area contributed by atoms with Gasteiger partial charge in [-0.15, -0.1) is 0 Å². The lowest BCUT2D eigenvalue weighted by molar-refractivity contribution is -0.168. The Hall–Kier alpha value is -1.06. The first-order chi connectivity index (χ1) is 7.50. The van der Waals surface area contributed by atoms with Gasteiger partial charge in [-0.3, -0.25) is 0 Å². The fourth-order valence-corrected chi connectivity index (χ4v) is 1.52. The quantitative estimate of drug-likeness (QED) is 0.808. The molecule has 0 fully saturated rings. The Bertz CT molecular complexity index is 353. The second-order valence-electron chi connectivity index (χ2n) is 3.64. The smallest absolute Gasteiger partial charge is 0.340 e. The number of carboxylic acids is 1. The third-order valence-corrected chi connectivity index (χ3v) is 2.82. The van der Waals surface area contributed by atoms with E-state index in [0.717, 1.165) is 0 Å². The molecule has 0 bridgehead atoms. The Kier molecular flexibility index (Phi) is 4.33. The molecule has 2 unspecified atom stereocenters. The lowest BCUT2D eigenvalue weighted by atomic mass is 9.96. The summed E-state index contributed by atoms with van der Waals surface area (Å²) in [5.74, 6) is -1.04. The molecule has 1 aromatic carbocycles. The van der Waals surface area contributed by atoms with Crippen molar-refractivity contribution in [2.45, 2.75) is 31.4 Å². The van der Waals surface area contributed by atoms with Crippen LogP contribution in [0.4, 0.5) is 0 Å². The van der Waals surface area contributed by atoms with Gasteiger partial charge in [0.05, 0.1) is 0 Å². The number of carbonyl (C=O) groups is 1. The minimum absolute atomic E-state index is 0.553. The predicted molar refractivity (Wildman–Crippen MR) is 62.4 cm³/mol. The minimum atomic E-state index is -1.40. The predicted octanol–water partition coefficient (Wildman–Crippen LogP) is 2.98. The van der Waals surface area contributed by atoms with E-state index in [1.54, 1.807) is 24.3 Å². The van der Waals surface area contributed by atoms with E-state index < -0.39 is 17.1 Å². The molecule has 0 saturated carbocycles. The van der Waals surface area contributed by atoms with Crippen molar-refractivity contribution < 1.29 is 14.6 Å². The summed E-state index contributed by atoms with van der Waals surface area (Å²) >= 11 is 5.86. The van der Waals surface area contributed by atoms with Crippen LogP contribution in [0.3, 0.4) is 0 Å². The molecule has 2 atom stereocenters. The summed E-state index contributed by atoms with van der Waals surface area (Å²) in [5.41, 5.74) is -1.42. The van der Waals surface area contributed by atoms with Crippen molar-refractivity contribution in [3.63, 3.8) is 0 Å². The second kappa shape index (κ2) is 5.32. The van der Waals surface area contributed by atoms with Crippen LogP contribution in [0, 0.1) is 0 Å². The summed E-state index contributed by atoms with van der Waals surface area (Å²) in [6.07, 6.45) is 0.553. The van der Waals surface area contributed by atoms with Gasteiger partial charge in [0.1, 0.15) is 5.56 Å². The highest BCUT2D eigenvalue weighted by Gasteiger charge is 2.38. The summed E-state index contributed by atoms with van der Waals surface area (Å²) < 4.78 is 5.40. The Labute approximate surface area is 100.0 Å². The van der Waals surface area contributed by atoms with Crippen LogP contribution < -0.4 is 0 Å². The molecule has 3 nitrogen and oxygen atoms in total. The zero-order chi connectivity index (χ0) is 12.2. The van der Waals surface area contributed by atoms with E-state index in [0.29, 0.717) is 12.0 Å². The molecule has 0 aliphatic carbocycles. The van der Waals surface area contributed by atoms with E-state index in [4.69, 9.17) is 16.3 Å².